The summed E-state index contributed by atoms with van der Waals surface area (Å²) >= 11 is 0. The first-order chi connectivity index (χ1) is 12.0. The molecule has 3 rings (SSSR count). The largest absolute Gasteiger partial charge is 0.457 e. The number of hydrogen-bond donors (Lipinski definition) is 1. The highest BCUT2D eigenvalue weighted by atomic mass is 19.1. The molecule has 3 aromatic rings. The lowest BCUT2D eigenvalue weighted by molar-refractivity contribution is 0.0937. The molecule has 0 aliphatic heterocycles. The average Bonchev–Trinajstić information content (AvgIpc) is 3.01. The third-order valence-corrected chi connectivity index (χ3v) is 3.63. The number of rotatable bonds is 5. The van der Waals surface area contributed by atoms with Crippen molar-refractivity contribution in [2.24, 2.45) is 7.05 Å². The third-order valence-electron chi connectivity index (χ3n) is 3.63. The SMILES string of the molecule is CC(NC(=O)c1ccc(Oc2cccc(F)c2)cc1)c1nncn1C. The van der Waals surface area contributed by atoms with E-state index in [2.05, 4.69) is 15.5 Å². The number of carbonyl (C=O) groups is 1. The summed E-state index contributed by atoms with van der Waals surface area (Å²) in [5.41, 5.74) is 0.487. The van der Waals surface area contributed by atoms with E-state index in [9.17, 15) is 9.18 Å². The fraction of sp³-hybridized carbons (Fsp3) is 0.167. The molecule has 0 aliphatic carbocycles. The molecule has 128 valence electrons. The van der Waals surface area contributed by atoms with Gasteiger partial charge in [0.25, 0.3) is 5.91 Å². The number of hydrogen-bond acceptors (Lipinski definition) is 4. The topological polar surface area (TPSA) is 69.0 Å². The standard InChI is InChI=1S/C18H17FN4O2/c1-12(17-22-20-11-23(17)2)21-18(24)13-6-8-15(9-7-13)25-16-5-3-4-14(19)10-16/h3-12H,1-2H3,(H,21,24). The van der Waals surface area contributed by atoms with Gasteiger partial charge in [0, 0.05) is 18.7 Å². The van der Waals surface area contributed by atoms with Crippen molar-refractivity contribution < 1.29 is 13.9 Å². The predicted molar refractivity (Wildman–Crippen MR) is 89.8 cm³/mol. The van der Waals surface area contributed by atoms with E-state index in [1.54, 1.807) is 47.3 Å². The fourth-order valence-electron chi connectivity index (χ4n) is 2.37. The van der Waals surface area contributed by atoms with Crippen LogP contribution in [0, 0.1) is 5.82 Å². The Kier molecular flexibility index (Phi) is 4.74. The summed E-state index contributed by atoms with van der Waals surface area (Å²) in [6, 6.07) is 12.2. The monoisotopic (exact) mass is 340 g/mol. The second kappa shape index (κ2) is 7.12. The zero-order chi connectivity index (χ0) is 17.8. The number of carbonyl (C=O) groups excluding carboxylic acids is 1. The van der Waals surface area contributed by atoms with Crippen molar-refractivity contribution in [1.29, 1.82) is 0 Å². The number of aromatic nitrogens is 3. The maximum absolute atomic E-state index is 13.2. The van der Waals surface area contributed by atoms with Crippen LogP contribution in [-0.4, -0.2) is 20.7 Å². The minimum Gasteiger partial charge on any atom is -0.457 e. The van der Waals surface area contributed by atoms with E-state index >= 15 is 0 Å². The van der Waals surface area contributed by atoms with E-state index in [1.165, 1.54) is 12.1 Å². The molecular formula is C18H17FN4O2. The molecule has 0 bridgehead atoms. The number of amides is 1. The molecule has 1 amide bonds. The van der Waals surface area contributed by atoms with Gasteiger partial charge in [-0.25, -0.2) is 4.39 Å². The van der Waals surface area contributed by atoms with Gasteiger partial charge in [-0.2, -0.15) is 0 Å². The molecule has 0 saturated heterocycles. The number of nitrogens with one attached hydrogen (secondary N) is 1. The third kappa shape index (κ3) is 4.00. The summed E-state index contributed by atoms with van der Waals surface area (Å²) in [6.45, 7) is 1.84. The van der Waals surface area contributed by atoms with Crippen LogP contribution in [0.25, 0.3) is 0 Å². The molecule has 6 nitrogen and oxygen atoms in total. The van der Waals surface area contributed by atoms with Crippen LogP contribution in [0.2, 0.25) is 0 Å². The quantitative estimate of drug-likeness (QED) is 0.774. The molecule has 1 atom stereocenters. The molecule has 0 saturated carbocycles. The van der Waals surface area contributed by atoms with Crippen LogP contribution in [0.1, 0.15) is 29.1 Å². The van der Waals surface area contributed by atoms with E-state index < -0.39 is 0 Å². The highest BCUT2D eigenvalue weighted by molar-refractivity contribution is 5.94. The van der Waals surface area contributed by atoms with Gasteiger partial charge in [-0.15, -0.1) is 10.2 Å². The zero-order valence-corrected chi connectivity index (χ0v) is 13.8. The maximum atomic E-state index is 13.2. The summed E-state index contributed by atoms with van der Waals surface area (Å²) in [5, 5.41) is 10.6. The number of halogens is 1. The number of benzene rings is 2. The predicted octanol–water partition coefficient (Wildman–Crippen LogP) is 3.24. The molecule has 0 fully saturated rings. The Morgan fingerprint density at radius 2 is 1.96 bits per heavy atom. The van der Waals surface area contributed by atoms with Crippen LogP contribution < -0.4 is 10.1 Å². The van der Waals surface area contributed by atoms with Crippen molar-refractivity contribution >= 4 is 5.91 Å². The lowest BCUT2D eigenvalue weighted by Crippen LogP contribution is -2.28. The first kappa shape index (κ1) is 16.6. The Hall–Kier alpha value is -3.22. The molecule has 0 radical (unpaired) electrons. The van der Waals surface area contributed by atoms with Crippen molar-refractivity contribution in [3.05, 3.63) is 72.1 Å². The Bertz CT molecular complexity index is 877. The second-order valence-electron chi connectivity index (χ2n) is 5.58. The minimum atomic E-state index is -0.369. The number of ether oxygens (including phenoxy) is 1. The van der Waals surface area contributed by atoms with E-state index in [1.807, 2.05) is 14.0 Å². The lowest BCUT2D eigenvalue weighted by atomic mass is 10.2. The lowest BCUT2D eigenvalue weighted by Gasteiger charge is -2.13. The van der Waals surface area contributed by atoms with Crippen molar-refractivity contribution in [2.45, 2.75) is 13.0 Å². The van der Waals surface area contributed by atoms with Gasteiger partial charge in [-0.3, -0.25) is 4.79 Å². The maximum Gasteiger partial charge on any atom is 0.251 e. The van der Waals surface area contributed by atoms with Gasteiger partial charge < -0.3 is 14.6 Å². The summed E-state index contributed by atoms with van der Waals surface area (Å²) < 4.78 is 20.5. The van der Waals surface area contributed by atoms with Gasteiger partial charge in [0.15, 0.2) is 5.82 Å². The molecular weight excluding hydrogens is 323 g/mol. The fourth-order valence-corrected chi connectivity index (χ4v) is 2.37. The van der Waals surface area contributed by atoms with Crippen LogP contribution >= 0.6 is 0 Å². The molecule has 0 aliphatic rings. The Morgan fingerprint density at radius 3 is 2.60 bits per heavy atom. The van der Waals surface area contributed by atoms with Crippen LogP contribution in [0.15, 0.2) is 54.9 Å². The number of aryl methyl sites for hydroxylation is 1. The molecule has 2 aromatic carbocycles. The van der Waals surface area contributed by atoms with Crippen molar-refractivity contribution in [3.63, 3.8) is 0 Å². The van der Waals surface area contributed by atoms with Crippen LogP contribution in [0.3, 0.4) is 0 Å². The molecule has 0 spiro atoms. The van der Waals surface area contributed by atoms with Crippen LogP contribution in [-0.2, 0) is 7.05 Å². The van der Waals surface area contributed by atoms with Crippen molar-refractivity contribution in [3.8, 4) is 11.5 Å². The molecule has 1 unspecified atom stereocenters. The highest BCUT2D eigenvalue weighted by Crippen LogP contribution is 2.22. The van der Waals surface area contributed by atoms with E-state index in [0.717, 1.165) is 0 Å². The Balaban J connectivity index is 1.65. The average molecular weight is 340 g/mol. The first-order valence-electron chi connectivity index (χ1n) is 7.71. The van der Waals surface area contributed by atoms with E-state index in [-0.39, 0.29) is 17.8 Å². The van der Waals surface area contributed by atoms with Gasteiger partial charge in [0.1, 0.15) is 23.6 Å². The second-order valence-corrected chi connectivity index (χ2v) is 5.58. The first-order valence-corrected chi connectivity index (χ1v) is 7.71. The van der Waals surface area contributed by atoms with Gasteiger partial charge in [0.2, 0.25) is 0 Å². The Morgan fingerprint density at radius 1 is 1.20 bits per heavy atom. The van der Waals surface area contributed by atoms with Gasteiger partial charge in [-0.1, -0.05) is 6.07 Å². The number of nitrogens with zero attached hydrogens (tertiary/aromatic N) is 3. The molecule has 7 heteroatoms. The molecule has 1 N–H and O–H groups in total. The summed E-state index contributed by atoms with van der Waals surface area (Å²) in [7, 11) is 1.82. The Labute approximate surface area is 144 Å². The van der Waals surface area contributed by atoms with E-state index in [0.29, 0.717) is 22.9 Å². The summed E-state index contributed by atoms with van der Waals surface area (Å²) in [6.07, 6.45) is 1.58. The molecule has 1 heterocycles. The highest BCUT2D eigenvalue weighted by Gasteiger charge is 2.15. The van der Waals surface area contributed by atoms with Crippen molar-refractivity contribution in [2.75, 3.05) is 0 Å². The van der Waals surface area contributed by atoms with Gasteiger partial charge in [-0.05, 0) is 43.3 Å². The van der Waals surface area contributed by atoms with Gasteiger partial charge >= 0.3 is 0 Å². The van der Waals surface area contributed by atoms with Crippen LogP contribution in [0.4, 0.5) is 4.39 Å². The smallest absolute Gasteiger partial charge is 0.251 e. The molecule has 1 aromatic heterocycles. The van der Waals surface area contributed by atoms with Gasteiger partial charge in [0.05, 0.1) is 6.04 Å². The van der Waals surface area contributed by atoms with Crippen molar-refractivity contribution in [1.82, 2.24) is 20.1 Å². The summed E-state index contributed by atoms with van der Waals surface area (Å²) in [5.74, 6) is 0.982. The minimum absolute atomic E-state index is 0.229. The summed E-state index contributed by atoms with van der Waals surface area (Å²) in [4.78, 5) is 12.3. The normalized spacial score (nSPS) is 11.8. The van der Waals surface area contributed by atoms with Crippen LogP contribution in [0.5, 0.6) is 11.5 Å². The molecule has 25 heavy (non-hydrogen) atoms. The zero-order valence-electron chi connectivity index (χ0n) is 13.8. The van der Waals surface area contributed by atoms with E-state index in [4.69, 9.17) is 4.74 Å².